The summed E-state index contributed by atoms with van der Waals surface area (Å²) in [5.41, 5.74) is 2.35. The second kappa shape index (κ2) is 8.16. The van der Waals surface area contributed by atoms with Crippen LogP contribution in [0.5, 0.6) is 0 Å². The maximum atomic E-state index is 12.2. The molecule has 0 N–H and O–H groups in total. The van der Waals surface area contributed by atoms with E-state index < -0.39 is 0 Å². The average molecular weight is 348 g/mol. The summed E-state index contributed by atoms with van der Waals surface area (Å²) >= 11 is 0. The molecule has 3 rings (SSSR count). The van der Waals surface area contributed by atoms with Crippen molar-refractivity contribution < 1.29 is 13.9 Å². The lowest BCUT2D eigenvalue weighted by Crippen LogP contribution is -2.04. The number of carbonyl (C=O) groups is 1. The smallest absolute Gasteiger partial charge is 0.338 e. The number of nitrogens with zero attached hydrogens (tertiary/aromatic N) is 2. The molecule has 0 radical (unpaired) electrons. The van der Waals surface area contributed by atoms with Crippen molar-refractivity contribution in [1.82, 2.24) is 5.01 Å². The molecule has 0 fully saturated rings. The molecule has 0 saturated carbocycles. The highest BCUT2D eigenvalue weighted by atomic mass is 16.5. The molecule has 26 heavy (non-hydrogen) atoms. The molecule has 2 aromatic carbocycles. The van der Waals surface area contributed by atoms with Crippen LogP contribution in [0.15, 0.2) is 76.2 Å². The van der Waals surface area contributed by atoms with Gasteiger partial charge in [-0.15, -0.1) is 0 Å². The van der Waals surface area contributed by atoms with Gasteiger partial charge < -0.3 is 14.2 Å². The molecule has 1 heterocycles. The third-order valence-corrected chi connectivity index (χ3v) is 3.66. The van der Waals surface area contributed by atoms with E-state index >= 15 is 0 Å². The molecule has 0 spiro atoms. The lowest BCUT2D eigenvalue weighted by molar-refractivity contribution is 0.0472. The first-order valence-electron chi connectivity index (χ1n) is 8.24. The second-order valence-corrected chi connectivity index (χ2v) is 5.93. The Morgan fingerprint density at radius 2 is 1.77 bits per heavy atom. The third kappa shape index (κ3) is 4.60. The van der Waals surface area contributed by atoms with Crippen LogP contribution in [0, 0.1) is 0 Å². The van der Waals surface area contributed by atoms with E-state index in [2.05, 4.69) is 5.10 Å². The van der Waals surface area contributed by atoms with E-state index in [4.69, 9.17) is 9.15 Å². The highest BCUT2D eigenvalue weighted by molar-refractivity contribution is 5.90. The number of hydrogen-bond acceptors (Lipinski definition) is 5. The van der Waals surface area contributed by atoms with Crippen molar-refractivity contribution >= 4 is 12.2 Å². The first-order chi connectivity index (χ1) is 12.6. The number of benzene rings is 2. The number of furan rings is 1. The van der Waals surface area contributed by atoms with Gasteiger partial charge in [-0.2, -0.15) is 5.10 Å². The molecule has 0 saturated heterocycles. The van der Waals surface area contributed by atoms with Crippen molar-refractivity contribution in [2.24, 2.45) is 5.10 Å². The van der Waals surface area contributed by atoms with E-state index in [1.54, 1.807) is 23.4 Å². The SMILES string of the molecule is CN(C)N=Cc1ccc(-c2ccc(C(=O)OCc3ccccc3)cc2)o1. The third-order valence-electron chi connectivity index (χ3n) is 3.66. The zero-order valence-electron chi connectivity index (χ0n) is 14.8. The van der Waals surface area contributed by atoms with Gasteiger partial charge in [0.15, 0.2) is 0 Å². The molecule has 0 unspecified atom stereocenters. The van der Waals surface area contributed by atoms with Crippen LogP contribution in [-0.4, -0.2) is 31.3 Å². The number of hydrogen-bond donors (Lipinski definition) is 0. The number of ether oxygens (including phenoxy) is 1. The molecular formula is C21H20N2O3. The highest BCUT2D eigenvalue weighted by Crippen LogP contribution is 2.22. The van der Waals surface area contributed by atoms with Crippen LogP contribution < -0.4 is 0 Å². The molecule has 0 atom stereocenters. The predicted molar refractivity (Wildman–Crippen MR) is 101 cm³/mol. The Kier molecular flexibility index (Phi) is 5.49. The number of rotatable bonds is 6. The summed E-state index contributed by atoms with van der Waals surface area (Å²) in [7, 11) is 3.69. The lowest BCUT2D eigenvalue weighted by Gasteiger charge is -2.05. The van der Waals surface area contributed by atoms with Crippen molar-refractivity contribution in [2.75, 3.05) is 14.1 Å². The fraction of sp³-hybridized carbons (Fsp3) is 0.143. The molecule has 5 heteroatoms. The van der Waals surface area contributed by atoms with Crippen LogP contribution in [-0.2, 0) is 11.3 Å². The van der Waals surface area contributed by atoms with Crippen molar-refractivity contribution in [3.8, 4) is 11.3 Å². The Hall–Kier alpha value is -3.34. The Balaban J connectivity index is 1.63. The first-order valence-corrected chi connectivity index (χ1v) is 8.24. The Morgan fingerprint density at radius 3 is 2.46 bits per heavy atom. The highest BCUT2D eigenvalue weighted by Gasteiger charge is 2.09. The van der Waals surface area contributed by atoms with Gasteiger partial charge in [0.25, 0.3) is 0 Å². The quantitative estimate of drug-likeness (QED) is 0.381. The van der Waals surface area contributed by atoms with Gasteiger partial charge in [-0.3, -0.25) is 0 Å². The van der Waals surface area contributed by atoms with E-state index in [0.717, 1.165) is 16.9 Å². The fourth-order valence-electron chi connectivity index (χ4n) is 2.33. The molecular weight excluding hydrogens is 328 g/mol. The molecule has 0 aliphatic rings. The topological polar surface area (TPSA) is 55.0 Å². The summed E-state index contributed by atoms with van der Waals surface area (Å²) < 4.78 is 11.1. The molecule has 0 amide bonds. The minimum atomic E-state index is -0.348. The van der Waals surface area contributed by atoms with Gasteiger partial charge in [0.2, 0.25) is 0 Å². The molecule has 5 nitrogen and oxygen atoms in total. The van der Waals surface area contributed by atoms with Gasteiger partial charge in [-0.25, -0.2) is 4.79 Å². The van der Waals surface area contributed by atoms with Crippen molar-refractivity contribution in [1.29, 1.82) is 0 Å². The minimum Gasteiger partial charge on any atom is -0.457 e. The molecule has 1 aromatic heterocycles. The second-order valence-electron chi connectivity index (χ2n) is 5.93. The van der Waals surface area contributed by atoms with Crippen LogP contribution in [0.2, 0.25) is 0 Å². The van der Waals surface area contributed by atoms with E-state index in [1.165, 1.54) is 0 Å². The predicted octanol–water partition coefficient (Wildman–Crippen LogP) is 4.20. The minimum absolute atomic E-state index is 0.258. The normalized spacial score (nSPS) is 10.8. The summed E-state index contributed by atoms with van der Waals surface area (Å²) in [4.78, 5) is 12.2. The van der Waals surface area contributed by atoms with Gasteiger partial charge in [0.1, 0.15) is 18.1 Å². The van der Waals surface area contributed by atoms with E-state index in [9.17, 15) is 4.79 Å². The van der Waals surface area contributed by atoms with Crippen LogP contribution >= 0.6 is 0 Å². The molecule has 3 aromatic rings. The van der Waals surface area contributed by atoms with Crippen molar-refractivity contribution in [2.45, 2.75) is 6.61 Å². The first kappa shape index (κ1) is 17.5. The van der Waals surface area contributed by atoms with Gasteiger partial charge in [0, 0.05) is 19.7 Å². The number of esters is 1. The average Bonchev–Trinajstić information content (AvgIpc) is 3.14. The fourth-order valence-corrected chi connectivity index (χ4v) is 2.33. The van der Waals surface area contributed by atoms with E-state index in [1.807, 2.05) is 68.7 Å². The summed E-state index contributed by atoms with van der Waals surface area (Å²) in [6.45, 7) is 0.258. The van der Waals surface area contributed by atoms with Crippen LogP contribution in [0.1, 0.15) is 21.7 Å². The van der Waals surface area contributed by atoms with Crippen LogP contribution in [0.4, 0.5) is 0 Å². The van der Waals surface area contributed by atoms with Gasteiger partial charge in [0.05, 0.1) is 11.8 Å². The summed E-state index contributed by atoms with van der Waals surface area (Å²) in [5, 5.41) is 5.83. The van der Waals surface area contributed by atoms with Crippen molar-refractivity contribution in [3.63, 3.8) is 0 Å². The molecule has 132 valence electrons. The molecule has 0 aliphatic carbocycles. The summed E-state index contributed by atoms with van der Waals surface area (Å²) in [6, 6.07) is 20.5. The zero-order valence-corrected chi connectivity index (χ0v) is 14.8. The Labute approximate surface area is 152 Å². The van der Waals surface area contributed by atoms with E-state index in [0.29, 0.717) is 11.3 Å². The maximum absolute atomic E-state index is 12.2. The monoisotopic (exact) mass is 348 g/mol. The number of carbonyl (C=O) groups excluding carboxylic acids is 1. The molecule has 0 aliphatic heterocycles. The standard InChI is InChI=1S/C21H20N2O3/c1-23(2)22-14-19-12-13-20(26-19)17-8-10-18(11-9-17)21(24)25-15-16-6-4-3-5-7-16/h3-14H,15H2,1-2H3. The Morgan fingerprint density at radius 1 is 1.04 bits per heavy atom. The van der Waals surface area contributed by atoms with Crippen molar-refractivity contribution in [3.05, 3.63) is 83.6 Å². The van der Waals surface area contributed by atoms with Gasteiger partial charge >= 0.3 is 5.97 Å². The zero-order chi connectivity index (χ0) is 18.4. The number of hydrazone groups is 1. The van der Waals surface area contributed by atoms with Crippen LogP contribution in [0.25, 0.3) is 11.3 Å². The summed E-state index contributed by atoms with van der Waals surface area (Å²) in [5.74, 6) is 1.04. The largest absolute Gasteiger partial charge is 0.457 e. The maximum Gasteiger partial charge on any atom is 0.338 e. The van der Waals surface area contributed by atoms with Gasteiger partial charge in [-0.05, 0) is 29.8 Å². The van der Waals surface area contributed by atoms with Crippen LogP contribution in [0.3, 0.4) is 0 Å². The lowest BCUT2D eigenvalue weighted by atomic mass is 10.1. The molecule has 0 bridgehead atoms. The van der Waals surface area contributed by atoms with E-state index in [-0.39, 0.29) is 12.6 Å². The van der Waals surface area contributed by atoms with Gasteiger partial charge in [-0.1, -0.05) is 42.5 Å². The Bertz CT molecular complexity index is 881. The summed E-state index contributed by atoms with van der Waals surface area (Å²) in [6.07, 6.45) is 1.65.